The first-order valence-electron chi connectivity index (χ1n) is 5.73. The Morgan fingerprint density at radius 2 is 1.58 bits per heavy atom. The van der Waals surface area contributed by atoms with E-state index in [1.54, 1.807) is 0 Å². The molecule has 0 saturated heterocycles. The van der Waals surface area contributed by atoms with Gasteiger partial charge in [-0.25, -0.2) is 4.52 Å². The van der Waals surface area contributed by atoms with Crippen LogP contribution in [0.5, 0.6) is 0 Å². The van der Waals surface area contributed by atoms with Gasteiger partial charge in [-0.3, -0.25) is 0 Å². The Balaban J connectivity index is 0.000000312. The average Bonchev–Trinajstić information content (AvgIpc) is 2.76. The number of aryl methyl sites for hydroxylation is 2. The summed E-state index contributed by atoms with van der Waals surface area (Å²) < 4.78 is 46.4. The van der Waals surface area contributed by atoms with Crippen LogP contribution in [0.2, 0.25) is 0 Å². The predicted octanol–water partition coefficient (Wildman–Crippen LogP) is 3.86. The Bertz CT molecular complexity index is 501. The van der Waals surface area contributed by atoms with E-state index in [9.17, 15) is 17.3 Å². The number of aromatic nitrogens is 1. The van der Waals surface area contributed by atoms with E-state index in [0.717, 1.165) is 17.9 Å². The molecule has 0 fully saturated rings. The second-order valence-electron chi connectivity index (χ2n) is 3.87. The van der Waals surface area contributed by atoms with Crippen molar-refractivity contribution in [2.75, 3.05) is 0 Å². The van der Waals surface area contributed by atoms with Crippen molar-refractivity contribution in [3.8, 4) is 11.3 Å². The highest BCUT2D eigenvalue weighted by molar-refractivity contribution is 6.50. The molecule has 0 unspecified atom stereocenters. The van der Waals surface area contributed by atoms with Gasteiger partial charge in [0.2, 0.25) is 12.0 Å². The van der Waals surface area contributed by atoms with Gasteiger partial charge < -0.3 is 17.3 Å². The Kier molecular flexibility index (Phi) is 5.15. The number of halogens is 4. The van der Waals surface area contributed by atoms with E-state index in [1.165, 1.54) is 5.56 Å². The highest BCUT2D eigenvalue weighted by Crippen LogP contribution is 2.17. The normalized spacial score (nSPS) is 10.8. The number of hydrogen-bond donors (Lipinski definition) is 0. The van der Waals surface area contributed by atoms with E-state index >= 15 is 0 Å². The Morgan fingerprint density at radius 1 is 1.05 bits per heavy atom. The molecule has 2 nitrogen and oxygen atoms in total. The summed E-state index contributed by atoms with van der Waals surface area (Å²) >= 11 is 0. The number of nitrogens with zero attached hydrogens (tertiary/aromatic N) is 1. The molecule has 0 spiro atoms. The summed E-state index contributed by atoms with van der Waals surface area (Å²) in [4.78, 5) is 0. The molecule has 0 bridgehead atoms. The molecule has 104 valence electrons. The third kappa shape index (κ3) is 6.08. The SMILES string of the molecule is CC[n+]1ccc(-c2ccc(C)cc2)o1.F[B-](F)(F)F. The van der Waals surface area contributed by atoms with Crippen molar-refractivity contribution in [1.29, 1.82) is 0 Å². The maximum atomic E-state index is 9.75. The lowest BCUT2D eigenvalue weighted by molar-refractivity contribution is -0.860. The van der Waals surface area contributed by atoms with E-state index in [0.29, 0.717) is 0 Å². The van der Waals surface area contributed by atoms with Gasteiger partial charge >= 0.3 is 7.25 Å². The van der Waals surface area contributed by atoms with Crippen molar-refractivity contribution < 1.29 is 26.5 Å². The van der Waals surface area contributed by atoms with Gasteiger partial charge in [-0.2, -0.15) is 0 Å². The van der Waals surface area contributed by atoms with Gasteiger partial charge in [-0.15, -0.1) is 0 Å². The zero-order chi connectivity index (χ0) is 14.5. The van der Waals surface area contributed by atoms with Crippen molar-refractivity contribution in [1.82, 2.24) is 0 Å². The molecule has 0 atom stereocenters. The van der Waals surface area contributed by atoms with Crippen LogP contribution in [0.3, 0.4) is 0 Å². The van der Waals surface area contributed by atoms with Gasteiger partial charge in [0.05, 0.1) is 6.07 Å². The standard InChI is InChI=1S/C12H14NO.BF4/c1-3-13-9-8-12(14-13)11-6-4-10(2)5-7-11;2-1(3,4)5/h4-9H,3H2,1-2H3;/q+1;-1. The Morgan fingerprint density at radius 3 is 2.00 bits per heavy atom. The molecule has 0 saturated carbocycles. The van der Waals surface area contributed by atoms with Crippen LogP contribution in [0.25, 0.3) is 11.3 Å². The molecule has 0 radical (unpaired) electrons. The van der Waals surface area contributed by atoms with Gasteiger partial charge in [-0.05, 0) is 18.6 Å². The second kappa shape index (κ2) is 6.40. The molecule has 1 aromatic carbocycles. The molecular weight excluding hydrogens is 261 g/mol. The van der Waals surface area contributed by atoms with Crippen LogP contribution >= 0.6 is 0 Å². The molecule has 7 heteroatoms. The quantitative estimate of drug-likeness (QED) is 0.462. The Labute approximate surface area is 108 Å². The zero-order valence-electron chi connectivity index (χ0n) is 10.6. The summed E-state index contributed by atoms with van der Waals surface area (Å²) in [6.07, 6.45) is 1.95. The van der Waals surface area contributed by atoms with Crippen LogP contribution in [-0.4, -0.2) is 7.25 Å². The molecular formula is C12H14BF4NO. The fourth-order valence-corrected chi connectivity index (χ4v) is 1.37. The number of rotatable bonds is 2. The van der Waals surface area contributed by atoms with E-state index in [1.807, 2.05) is 17.0 Å². The molecule has 2 aromatic rings. The van der Waals surface area contributed by atoms with Crippen LogP contribution in [0, 0.1) is 6.92 Å². The molecule has 19 heavy (non-hydrogen) atoms. The van der Waals surface area contributed by atoms with Crippen LogP contribution in [0.1, 0.15) is 12.5 Å². The first-order valence-corrected chi connectivity index (χ1v) is 5.73. The van der Waals surface area contributed by atoms with Crippen molar-refractivity contribution >= 4 is 7.25 Å². The lowest BCUT2D eigenvalue weighted by Gasteiger charge is -1.94. The average molecular weight is 275 g/mol. The smallest absolute Gasteiger partial charge is 0.418 e. The highest BCUT2D eigenvalue weighted by Gasteiger charge is 2.20. The van der Waals surface area contributed by atoms with E-state index in [2.05, 4.69) is 38.1 Å². The van der Waals surface area contributed by atoms with Crippen molar-refractivity contribution in [2.45, 2.75) is 20.4 Å². The Hall–Kier alpha value is -1.79. The van der Waals surface area contributed by atoms with Gasteiger partial charge in [0.25, 0.3) is 0 Å². The molecule has 0 aliphatic carbocycles. The van der Waals surface area contributed by atoms with Gasteiger partial charge in [-0.1, -0.05) is 29.8 Å². The molecule has 0 aliphatic rings. The van der Waals surface area contributed by atoms with E-state index < -0.39 is 7.25 Å². The topological polar surface area (TPSA) is 17.0 Å². The molecule has 0 amide bonds. The highest BCUT2D eigenvalue weighted by atomic mass is 19.5. The third-order valence-electron chi connectivity index (χ3n) is 2.26. The first kappa shape index (κ1) is 15.3. The maximum Gasteiger partial charge on any atom is 0.673 e. The minimum atomic E-state index is -6.00. The van der Waals surface area contributed by atoms with Crippen LogP contribution in [-0.2, 0) is 6.54 Å². The molecule has 0 N–H and O–H groups in total. The van der Waals surface area contributed by atoms with Crippen LogP contribution in [0.15, 0.2) is 41.1 Å². The molecule has 1 aromatic heterocycles. The van der Waals surface area contributed by atoms with Gasteiger partial charge in [0.15, 0.2) is 6.54 Å². The molecule has 1 heterocycles. The lowest BCUT2D eigenvalue weighted by Crippen LogP contribution is -2.27. The van der Waals surface area contributed by atoms with Crippen LogP contribution in [0.4, 0.5) is 17.3 Å². The fourth-order valence-electron chi connectivity index (χ4n) is 1.37. The molecule has 0 aliphatic heterocycles. The molecule has 2 rings (SSSR count). The summed E-state index contributed by atoms with van der Waals surface area (Å²) in [7, 11) is -6.00. The number of hydrogen-bond acceptors (Lipinski definition) is 1. The van der Waals surface area contributed by atoms with Crippen molar-refractivity contribution in [3.63, 3.8) is 0 Å². The first-order chi connectivity index (χ1) is 8.79. The lowest BCUT2D eigenvalue weighted by atomic mass is 10.1. The zero-order valence-corrected chi connectivity index (χ0v) is 10.6. The summed E-state index contributed by atoms with van der Waals surface area (Å²) in [6, 6.07) is 10.3. The summed E-state index contributed by atoms with van der Waals surface area (Å²) in [5, 5.41) is 0. The fraction of sp³-hybridized carbons (Fsp3) is 0.250. The second-order valence-corrected chi connectivity index (χ2v) is 3.87. The predicted molar refractivity (Wildman–Crippen MR) is 64.9 cm³/mol. The largest absolute Gasteiger partial charge is 0.673 e. The van der Waals surface area contributed by atoms with Gasteiger partial charge in [0, 0.05) is 5.56 Å². The summed E-state index contributed by atoms with van der Waals surface area (Å²) in [6.45, 7) is 5.01. The summed E-state index contributed by atoms with van der Waals surface area (Å²) in [5.41, 5.74) is 2.39. The van der Waals surface area contributed by atoms with E-state index in [-0.39, 0.29) is 0 Å². The minimum absolute atomic E-state index is 0.867. The van der Waals surface area contributed by atoms with Crippen molar-refractivity contribution in [3.05, 3.63) is 42.1 Å². The van der Waals surface area contributed by atoms with Crippen molar-refractivity contribution in [2.24, 2.45) is 0 Å². The van der Waals surface area contributed by atoms with Crippen LogP contribution < -0.4 is 4.74 Å². The van der Waals surface area contributed by atoms with Gasteiger partial charge in [0.1, 0.15) is 0 Å². The van der Waals surface area contributed by atoms with E-state index in [4.69, 9.17) is 4.52 Å². The maximum absolute atomic E-state index is 9.75. The number of benzene rings is 1. The summed E-state index contributed by atoms with van der Waals surface area (Å²) in [5.74, 6) is 0.923. The third-order valence-corrected chi connectivity index (χ3v) is 2.26. The monoisotopic (exact) mass is 275 g/mol. The minimum Gasteiger partial charge on any atom is -0.418 e.